The van der Waals surface area contributed by atoms with Gasteiger partial charge in [-0.2, -0.15) is 0 Å². The predicted octanol–water partition coefficient (Wildman–Crippen LogP) is -0.343. The fraction of sp³-hybridized carbons (Fsp3) is 0. The molecule has 0 N–H and O–H groups in total. The second kappa shape index (κ2) is 22.0. The summed E-state index contributed by atoms with van der Waals surface area (Å²) in [6.45, 7) is 0. The average molecular weight is 210 g/mol. The maximum absolute atomic E-state index is 0. The summed E-state index contributed by atoms with van der Waals surface area (Å²) < 4.78 is 0. The molecule has 28 valence electrons. The van der Waals surface area contributed by atoms with E-state index in [4.69, 9.17) is 0 Å². The van der Waals surface area contributed by atoms with Crippen LogP contribution in [0.2, 0.25) is 0 Å². The maximum atomic E-state index is 0. The summed E-state index contributed by atoms with van der Waals surface area (Å²) in [4.78, 5) is 0. The second-order valence-electron chi connectivity index (χ2n) is 0. The van der Waals surface area contributed by atoms with Crippen molar-refractivity contribution in [2.24, 2.45) is 0 Å². The van der Waals surface area contributed by atoms with Crippen LogP contribution in [-0.4, -0.2) is 18.9 Å². The summed E-state index contributed by atoms with van der Waals surface area (Å²) in [5.74, 6) is 0. The minimum atomic E-state index is 0. The Bertz CT molecular complexity index is 6.00. The van der Waals surface area contributed by atoms with Crippen LogP contribution in [0.4, 0.5) is 9.41 Å². The number of hydrogen-bond donors (Lipinski definition) is 0. The van der Waals surface area contributed by atoms with Crippen LogP contribution >= 0.6 is 0 Å². The normalized spacial score (nSPS) is 0. The quantitative estimate of drug-likeness (QED) is 0.480. The van der Waals surface area contributed by atoms with Crippen LogP contribution in [0.25, 0.3) is 0 Å². The topological polar surface area (TPSA) is 0 Å². The van der Waals surface area contributed by atoms with Crippen molar-refractivity contribution in [3.05, 3.63) is 0 Å². The van der Waals surface area contributed by atoms with Gasteiger partial charge < -0.3 is 0 Å². The molecule has 0 heterocycles. The van der Waals surface area contributed by atoms with E-state index in [1.54, 1.807) is 0 Å². The molecule has 0 aliphatic carbocycles. The summed E-state index contributed by atoms with van der Waals surface area (Å²) in [5, 5.41) is 0. The Kier molecular flexibility index (Phi) is 235. The van der Waals surface area contributed by atoms with Gasteiger partial charge in [0, 0.05) is 38.2 Å². The van der Waals surface area contributed by atoms with Crippen LogP contribution in [0.5, 0.6) is 0 Å². The van der Waals surface area contributed by atoms with Gasteiger partial charge in [-0.3, -0.25) is 9.41 Å². The van der Waals surface area contributed by atoms with Crippen LogP contribution in [0.3, 0.4) is 0 Å². The molecule has 0 saturated heterocycles. The molecular weight excluding hydrogens is 207 g/mol. The van der Waals surface area contributed by atoms with E-state index < -0.39 is 0 Å². The molecule has 0 radical (unpaired) electrons. The molecule has 0 aliphatic rings. The van der Waals surface area contributed by atoms with E-state index in [2.05, 4.69) is 0 Å². The molecule has 0 amide bonds. The van der Waals surface area contributed by atoms with Gasteiger partial charge in [0.15, 0.2) is 0 Å². The minimum absolute atomic E-state index is 0. The fourth-order valence-electron chi connectivity index (χ4n) is 0. The molecule has 0 bridgehead atoms. The van der Waals surface area contributed by atoms with Crippen molar-refractivity contribution in [1.82, 2.24) is 0 Å². The van der Waals surface area contributed by atoms with Gasteiger partial charge in [0.25, 0.3) is 0 Å². The summed E-state index contributed by atoms with van der Waals surface area (Å²) in [5.41, 5.74) is 0. The van der Waals surface area contributed by atoms with E-state index in [9.17, 15) is 0 Å². The zero-order valence-electron chi connectivity index (χ0n) is 1.13. The number of rotatable bonds is 0. The van der Waals surface area contributed by atoms with Crippen molar-refractivity contribution < 1.29 is 47.6 Å². The molecule has 0 nitrogen and oxygen atoms in total. The first-order valence-corrected chi connectivity index (χ1v) is 0. The SMILES string of the molecule is F.F.[Dy].[LiH]. The zero-order chi connectivity index (χ0) is 0. The van der Waals surface area contributed by atoms with Crippen molar-refractivity contribution in [2.45, 2.75) is 0 Å². The molecule has 0 aromatic carbocycles. The van der Waals surface area contributed by atoms with E-state index in [1.807, 2.05) is 0 Å². The average Bonchev–Trinajstić information content (AvgIpc) is 0. The second-order valence-corrected chi connectivity index (χ2v) is 0. The molecule has 0 saturated carbocycles. The Morgan fingerprint density at radius 3 is 0.750 bits per heavy atom. The van der Waals surface area contributed by atoms with Gasteiger partial charge in [-0.15, -0.1) is 0 Å². The summed E-state index contributed by atoms with van der Waals surface area (Å²) in [6, 6.07) is 0. The molecule has 0 unspecified atom stereocenters. The third-order valence-electron chi connectivity index (χ3n) is 0. The van der Waals surface area contributed by atoms with Gasteiger partial charge in [-0.1, -0.05) is 0 Å². The van der Waals surface area contributed by atoms with Crippen molar-refractivity contribution in [3.63, 3.8) is 0 Å². The van der Waals surface area contributed by atoms with Crippen LogP contribution in [0.15, 0.2) is 0 Å². The van der Waals surface area contributed by atoms with Gasteiger partial charge in [0.1, 0.15) is 0 Å². The summed E-state index contributed by atoms with van der Waals surface area (Å²) in [7, 11) is 0. The van der Waals surface area contributed by atoms with Gasteiger partial charge >= 0.3 is 18.9 Å². The standard InChI is InChI=1S/Dy.2FH.Li.H/h;2*1H;;. The molecule has 0 spiro atoms. The van der Waals surface area contributed by atoms with Crippen LogP contribution in [-0.2, 0) is 0 Å². The van der Waals surface area contributed by atoms with E-state index in [0.717, 1.165) is 0 Å². The number of halogens is 2. The van der Waals surface area contributed by atoms with Crippen LogP contribution < -0.4 is 0 Å². The zero-order valence-corrected chi connectivity index (χ0v) is 3.16. The van der Waals surface area contributed by atoms with Crippen LogP contribution in [0, 0.1) is 38.2 Å². The molecular formula is H3DyF2Li. The van der Waals surface area contributed by atoms with Crippen molar-refractivity contribution in [2.75, 3.05) is 0 Å². The Labute approximate surface area is 65.6 Å². The molecule has 0 aromatic heterocycles. The van der Waals surface area contributed by atoms with Crippen molar-refractivity contribution in [3.8, 4) is 0 Å². The predicted molar refractivity (Wildman–Crippen MR) is 12.2 cm³/mol. The molecule has 0 aliphatic heterocycles. The summed E-state index contributed by atoms with van der Waals surface area (Å²) in [6.07, 6.45) is 0. The third-order valence-corrected chi connectivity index (χ3v) is 0. The van der Waals surface area contributed by atoms with E-state index in [0.29, 0.717) is 0 Å². The molecule has 0 rings (SSSR count). The molecule has 0 fully saturated rings. The fourth-order valence-corrected chi connectivity index (χ4v) is 0. The Hall–Kier alpha value is 1.73. The van der Waals surface area contributed by atoms with Crippen molar-refractivity contribution >= 4 is 18.9 Å². The van der Waals surface area contributed by atoms with Gasteiger partial charge in [-0.05, 0) is 0 Å². The van der Waals surface area contributed by atoms with Gasteiger partial charge in [0.2, 0.25) is 0 Å². The summed E-state index contributed by atoms with van der Waals surface area (Å²) >= 11 is 0. The Morgan fingerprint density at radius 2 is 0.750 bits per heavy atom. The first-order chi connectivity index (χ1) is 0. The molecule has 4 heavy (non-hydrogen) atoms. The Morgan fingerprint density at radius 1 is 0.750 bits per heavy atom. The first-order valence-electron chi connectivity index (χ1n) is 0. The first kappa shape index (κ1) is 42.8. The molecule has 4 heteroatoms. The molecule has 0 atom stereocenters. The number of hydrogen-bond acceptors (Lipinski definition) is 0. The van der Waals surface area contributed by atoms with E-state index >= 15 is 0 Å². The Balaban J connectivity index is 0. The van der Waals surface area contributed by atoms with Crippen LogP contribution in [0.1, 0.15) is 0 Å². The van der Waals surface area contributed by atoms with E-state index in [1.165, 1.54) is 0 Å². The van der Waals surface area contributed by atoms with Gasteiger partial charge in [-0.25, -0.2) is 0 Å². The third kappa shape index (κ3) is 9.29. The van der Waals surface area contributed by atoms with Crippen molar-refractivity contribution in [1.29, 1.82) is 0 Å². The van der Waals surface area contributed by atoms with Gasteiger partial charge in [0.05, 0.1) is 0 Å². The monoisotopic (exact) mass is 212 g/mol. The van der Waals surface area contributed by atoms with E-state index in [-0.39, 0.29) is 66.4 Å². The molecule has 0 aromatic rings.